The molecule has 0 unspecified atom stereocenters. The fourth-order valence-corrected chi connectivity index (χ4v) is 3.39. The first-order valence-corrected chi connectivity index (χ1v) is 7.00. The van der Waals surface area contributed by atoms with Gasteiger partial charge in [-0.05, 0) is 31.0 Å². The smallest absolute Gasteiger partial charge is 0.135 e. The van der Waals surface area contributed by atoms with Crippen LogP contribution in [0.2, 0.25) is 5.02 Å². The monoisotopic (exact) mass is 263 g/mol. The number of benzene rings is 1. The molecule has 1 fully saturated rings. The fourth-order valence-electron chi connectivity index (χ4n) is 3.22. The van der Waals surface area contributed by atoms with Crippen molar-refractivity contribution in [1.29, 1.82) is 0 Å². The second-order valence-electron chi connectivity index (χ2n) is 5.33. The molecular formula is C15H18ClNO. The first-order valence-electron chi connectivity index (χ1n) is 6.62. The SMILES string of the molecule is NCC1(c2coc3cc(Cl)ccc23)CCCCC1. The predicted molar refractivity (Wildman–Crippen MR) is 75.0 cm³/mol. The first-order chi connectivity index (χ1) is 8.75. The molecule has 1 aliphatic carbocycles. The van der Waals surface area contributed by atoms with Crippen molar-refractivity contribution in [1.82, 2.24) is 0 Å². The number of furan rings is 1. The van der Waals surface area contributed by atoms with E-state index >= 15 is 0 Å². The molecule has 0 spiro atoms. The average Bonchev–Trinajstić information content (AvgIpc) is 2.83. The standard InChI is InChI=1S/C15H18ClNO/c16-11-4-5-12-13(9-18-14(12)8-11)15(10-17)6-2-1-3-7-15/h4-5,8-9H,1-3,6-7,10,17H2. The Morgan fingerprint density at radius 3 is 2.72 bits per heavy atom. The topological polar surface area (TPSA) is 39.2 Å². The van der Waals surface area contributed by atoms with Gasteiger partial charge in [0, 0.05) is 27.9 Å². The lowest BCUT2D eigenvalue weighted by atomic mass is 9.69. The van der Waals surface area contributed by atoms with E-state index in [1.54, 1.807) is 0 Å². The van der Waals surface area contributed by atoms with Gasteiger partial charge in [-0.1, -0.05) is 30.9 Å². The molecule has 1 heterocycles. The normalized spacial score (nSPS) is 19.2. The van der Waals surface area contributed by atoms with E-state index in [-0.39, 0.29) is 5.41 Å². The molecule has 1 aromatic heterocycles. The van der Waals surface area contributed by atoms with E-state index in [1.807, 2.05) is 18.4 Å². The Labute approximate surface area is 112 Å². The minimum Gasteiger partial charge on any atom is -0.464 e. The molecule has 1 aliphatic rings. The summed E-state index contributed by atoms with van der Waals surface area (Å²) in [5, 5.41) is 1.89. The summed E-state index contributed by atoms with van der Waals surface area (Å²) in [7, 11) is 0. The third-order valence-electron chi connectivity index (χ3n) is 4.31. The van der Waals surface area contributed by atoms with Crippen LogP contribution in [0.15, 0.2) is 28.9 Å². The summed E-state index contributed by atoms with van der Waals surface area (Å²) in [4.78, 5) is 0. The third-order valence-corrected chi connectivity index (χ3v) is 4.55. The molecule has 0 saturated heterocycles. The Bertz CT molecular complexity index is 555. The second kappa shape index (κ2) is 4.60. The summed E-state index contributed by atoms with van der Waals surface area (Å²) in [6, 6.07) is 5.87. The number of halogens is 1. The zero-order valence-electron chi connectivity index (χ0n) is 10.4. The molecule has 2 N–H and O–H groups in total. The molecular weight excluding hydrogens is 246 g/mol. The molecule has 0 amide bonds. The largest absolute Gasteiger partial charge is 0.464 e. The summed E-state index contributed by atoms with van der Waals surface area (Å²) in [5.74, 6) is 0. The highest BCUT2D eigenvalue weighted by molar-refractivity contribution is 6.31. The lowest BCUT2D eigenvalue weighted by Crippen LogP contribution is -2.36. The molecule has 2 nitrogen and oxygen atoms in total. The number of hydrogen-bond donors (Lipinski definition) is 1. The maximum Gasteiger partial charge on any atom is 0.135 e. The van der Waals surface area contributed by atoms with Gasteiger partial charge in [0.25, 0.3) is 0 Å². The van der Waals surface area contributed by atoms with Gasteiger partial charge in [0.1, 0.15) is 5.58 Å². The van der Waals surface area contributed by atoms with Crippen LogP contribution in [0.25, 0.3) is 11.0 Å². The molecule has 3 heteroatoms. The lowest BCUT2D eigenvalue weighted by molar-refractivity contribution is 0.300. The molecule has 0 radical (unpaired) electrons. The zero-order chi connectivity index (χ0) is 12.6. The van der Waals surface area contributed by atoms with Crippen LogP contribution in [-0.4, -0.2) is 6.54 Å². The summed E-state index contributed by atoms with van der Waals surface area (Å²) in [6.45, 7) is 0.699. The van der Waals surface area contributed by atoms with Crippen LogP contribution in [0.3, 0.4) is 0 Å². The van der Waals surface area contributed by atoms with E-state index in [2.05, 4.69) is 6.07 Å². The van der Waals surface area contributed by atoms with Gasteiger partial charge < -0.3 is 10.2 Å². The van der Waals surface area contributed by atoms with Crippen LogP contribution in [0.1, 0.15) is 37.7 Å². The number of hydrogen-bond acceptors (Lipinski definition) is 2. The van der Waals surface area contributed by atoms with Crippen LogP contribution in [-0.2, 0) is 5.41 Å². The second-order valence-corrected chi connectivity index (χ2v) is 5.77. The van der Waals surface area contributed by atoms with Gasteiger partial charge in [0.15, 0.2) is 0 Å². The van der Waals surface area contributed by atoms with Gasteiger partial charge in [-0.25, -0.2) is 0 Å². The van der Waals surface area contributed by atoms with Gasteiger partial charge in [-0.2, -0.15) is 0 Å². The Balaban J connectivity index is 2.12. The van der Waals surface area contributed by atoms with Crippen LogP contribution >= 0.6 is 11.6 Å². The minimum absolute atomic E-state index is 0.108. The van der Waals surface area contributed by atoms with Crippen LogP contribution < -0.4 is 5.73 Å². The van der Waals surface area contributed by atoms with Crippen molar-refractivity contribution in [3.05, 3.63) is 35.0 Å². The van der Waals surface area contributed by atoms with Gasteiger partial charge >= 0.3 is 0 Å². The van der Waals surface area contributed by atoms with Crippen molar-refractivity contribution < 1.29 is 4.42 Å². The quantitative estimate of drug-likeness (QED) is 0.880. The van der Waals surface area contributed by atoms with Crippen molar-refractivity contribution in [3.63, 3.8) is 0 Å². The average molecular weight is 264 g/mol. The minimum atomic E-state index is 0.108. The maximum atomic E-state index is 6.08. The molecule has 0 atom stereocenters. The first kappa shape index (κ1) is 12.1. The summed E-state index contributed by atoms with van der Waals surface area (Å²) < 4.78 is 5.67. The predicted octanol–water partition coefficient (Wildman–Crippen LogP) is 4.25. The molecule has 1 aromatic carbocycles. The highest BCUT2D eigenvalue weighted by Gasteiger charge is 2.35. The molecule has 0 bridgehead atoms. The van der Waals surface area contributed by atoms with Crippen molar-refractivity contribution in [2.24, 2.45) is 5.73 Å². The van der Waals surface area contributed by atoms with Crippen molar-refractivity contribution >= 4 is 22.6 Å². The Kier molecular flexibility index (Phi) is 3.08. The molecule has 96 valence electrons. The van der Waals surface area contributed by atoms with Gasteiger partial charge in [-0.3, -0.25) is 0 Å². The van der Waals surface area contributed by atoms with Crippen LogP contribution in [0, 0.1) is 0 Å². The van der Waals surface area contributed by atoms with E-state index in [0.717, 1.165) is 5.58 Å². The Morgan fingerprint density at radius 1 is 1.22 bits per heavy atom. The highest BCUT2D eigenvalue weighted by atomic mass is 35.5. The van der Waals surface area contributed by atoms with Crippen LogP contribution in [0.5, 0.6) is 0 Å². The zero-order valence-corrected chi connectivity index (χ0v) is 11.2. The Hall–Kier alpha value is -0.990. The van der Waals surface area contributed by atoms with E-state index < -0.39 is 0 Å². The summed E-state index contributed by atoms with van der Waals surface area (Å²) in [6.07, 6.45) is 8.07. The maximum absolute atomic E-state index is 6.08. The summed E-state index contributed by atoms with van der Waals surface area (Å²) >= 11 is 6.00. The van der Waals surface area contributed by atoms with E-state index in [0.29, 0.717) is 11.6 Å². The molecule has 3 rings (SSSR count). The van der Waals surface area contributed by atoms with Gasteiger partial charge in [-0.15, -0.1) is 0 Å². The van der Waals surface area contributed by atoms with E-state index in [1.165, 1.54) is 43.1 Å². The van der Waals surface area contributed by atoms with Gasteiger partial charge in [0.05, 0.1) is 6.26 Å². The number of rotatable bonds is 2. The number of fused-ring (bicyclic) bond motifs is 1. The third kappa shape index (κ3) is 1.84. The summed E-state index contributed by atoms with van der Waals surface area (Å²) in [5.41, 5.74) is 8.34. The molecule has 0 aliphatic heterocycles. The molecule has 2 aromatic rings. The Morgan fingerprint density at radius 2 is 2.00 bits per heavy atom. The van der Waals surface area contributed by atoms with E-state index in [4.69, 9.17) is 21.8 Å². The van der Waals surface area contributed by atoms with Gasteiger partial charge in [0.2, 0.25) is 0 Å². The van der Waals surface area contributed by atoms with E-state index in [9.17, 15) is 0 Å². The highest BCUT2D eigenvalue weighted by Crippen LogP contribution is 2.42. The van der Waals surface area contributed by atoms with Crippen LogP contribution in [0.4, 0.5) is 0 Å². The molecule has 18 heavy (non-hydrogen) atoms. The van der Waals surface area contributed by atoms with Crippen molar-refractivity contribution in [2.75, 3.05) is 6.54 Å². The lowest BCUT2D eigenvalue weighted by Gasteiger charge is -2.35. The fraction of sp³-hybridized carbons (Fsp3) is 0.467. The molecule has 1 saturated carbocycles. The van der Waals surface area contributed by atoms with Crippen molar-refractivity contribution in [3.8, 4) is 0 Å². The van der Waals surface area contributed by atoms with Crippen molar-refractivity contribution in [2.45, 2.75) is 37.5 Å². The number of nitrogens with two attached hydrogens (primary N) is 1.